The van der Waals surface area contributed by atoms with Gasteiger partial charge in [-0.05, 0) is 45.6 Å². The van der Waals surface area contributed by atoms with E-state index in [-0.39, 0.29) is 5.41 Å². The molecule has 0 saturated heterocycles. The van der Waals surface area contributed by atoms with Gasteiger partial charge in [0.1, 0.15) is 0 Å². The van der Waals surface area contributed by atoms with Gasteiger partial charge in [-0.3, -0.25) is 0 Å². The van der Waals surface area contributed by atoms with Crippen molar-refractivity contribution < 1.29 is 0 Å². The fourth-order valence-corrected chi connectivity index (χ4v) is 2.49. The van der Waals surface area contributed by atoms with Gasteiger partial charge in [-0.15, -0.1) is 0 Å². The zero-order chi connectivity index (χ0) is 12.0. The lowest BCUT2D eigenvalue weighted by Gasteiger charge is -2.30. The number of nitrogens with one attached hydrogen (secondary N) is 1. The van der Waals surface area contributed by atoms with Crippen LogP contribution in [-0.2, 0) is 0 Å². The maximum Gasteiger partial charge on any atom is 0.0684 e. The van der Waals surface area contributed by atoms with Crippen molar-refractivity contribution in [1.82, 2.24) is 5.32 Å². The second-order valence-corrected chi connectivity index (χ2v) is 5.84. The number of hydrogen-bond donors (Lipinski definition) is 1. The molecule has 0 aromatic carbocycles. The zero-order valence-electron chi connectivity index (χ0n) is 11.1. The first-order chi connectivity index (χ1) is 7.57. The first kappa shape index (κ1) is 13.5. The third kappa shape index (κ3) is 4.53. The number of nitriles is 1. The third-order valence-corrected chi connectivity index (χ3v) is 3.85. The van der Waals surface area contributed by atoms with Gasteiger partial charge in [0, 0.05) is 6.04 Å². The fourth-order valence-electron chi connectivity index (χ4n) is 2.49. The summed E-state index contributed by atoms with van der Waals surface area (Å²) in [5.41, 5.74) is -0.175. The lowest BCUT2D eigenvalue weighted by atomic mass is 9.84. The van der Waals surface area contributed by atoms with Gasteiger partial charge >= 0.3 is 0 Å². The zero-order valence-corrected chi connectivity index (χ0v) is 11.1. The Morgan fingerprint density at radius 2 is 2.12 bits per heavy atom. The first-order valence-corrected chi connectivity index (χ1v) is 6.72. The van der Waals surface area contributed by atoms with E-state index in [9.17, 15) is 0 Å². The van der Waals surface area contributed by atoms with Gasteiger partial charge in [0.15, 0.2) is 0 Å². The molecule has 1 aliphatic rings. The van der Waals surface area contributed by atoms with E-state index in [1.807, 2.05) is 13.8 Å². The van der Waals surface area contributed by atoms with Gasteiger partial charge in [0.05, 0.1) is 11.5 Å². The Balaban J connectivity index is 2.20. The molecule has 2 atom stereocenters. The van der Waals surface area contributed by atoms with E-state index in [1.54, 1.807) is 0 Å². The molecule has 0 aromatic heterocycles. The van der Waals surface area contributed by atoms with E-state index in [0.717, 1.165) is 18.9 Å². The first-order valence-electron chi connectivity index (χ1n) is 6.72. The molecule has 1 aliphatic carbocycles. The quantitative estimate of drug-likeness (QED) is 0.773. The number of rotatable bonds is 5. The van der Waals surface area contributed by atoms with Crippen LogP contribution in [-0.4, -0.2) is 12.6 Å². The van der Waals surface area contributed by atoms with Gasteiger partial charge in [0.25, 0.3) is 0 Å². The molecule has 2 nitrogen and oxygen atoms in total. The maximum absolute atomic E-state index is 8.93. The lowest BCUT2D eigenvalue weighted by molar-refractivity contribution is 0.272. The van der Waals surface area contributed by atoms with Crippen LogP contribution < -0.4 is 5.32 Å². The summed E-state index contributed by atoms with van der Waals surface area (Å²) in [6.45, 7) is 7.32. The minimum absolute atomic E-state index is 0.175. The second kappa shape index (κ2) is 6.25. The summed E-state index contributed by atoms with van der Waals surface area (Å²) in [5.74, 6) is 0.926. The predicted octanol–water partition coefficient (Wildman–Crippen LogP) is 3.48. The van der Waals surface area contributed by atoms with Crippen molar-refractivity contribution >= 4 is 0 Å². The van der Waals surface area contributed by atoms with Gasteiger partial charge in [0.2, 0.25) is 0 Å². The SMILES string of the molecule is CCC1CCCC(NCCC(C)(C)C#N)C1. The predicted molar refractivity (Wildman–Crippen MR) is 68.1 cm³/mol. The van der Waals surface area contributed by atoms with Crippen LogP contribution >= 0.6 is 0 Å². The summed E-state index contributed by atoms with van der Waals surface area (Å²) in [6.07, 6.45) is 7.72. The third-order valence-electron chi connectivity index (χ3n) is 3.85. The summed E-state index contributed by atoms with van der Waals surface area (Å²) in [4.78, 5) is 0. The van der Waals surface area contributed by atoms with E-state index in [0.29, 0.717) is 6.04 Å². The summed E-state index contributed by atoms with van der Waals surface area (Å²) in [6, 6.07) is 3.06. The molecule has 2 unspecified atom stereocenters. The highest BCUT2D eigenvalue weighted by Crippen LogP contribution is 2.26. The normalized spacial score (nSPS) is 26.4. The molecular formula is C14H26N2. The van der Waals surface area contributed by atoms with Crippen LogP contribution in [0.4, 0.5) is 0 Å². The Labute approximate surface area is 100 Å². The molecule has 0 amide bonds. The van der Waals surface area contributed by atoms with Crippen molar-refractivity contribution in [2.24, 2.45) is 11.3 Å². The Morgan fingerprint density at radius 1 is 1.38 bits per heavy atom. The smallest absolute Gasteiger partial charge is 0.0684 e. The van der Waals surface area contributed by atoms with Crippen LogP contribution in [0.2, 0.25) is 0 Å². The Hall–Kier alpha value is -0.550. The standard InChI is InChI=1S/C14H26N2/c1-4-12-6-5-7-13(10-12)16-9-8-14(2,3)11-15/h12-13,16H,4-10H2,1-3H3. The van der Waals surface area contributed by atoms with Crippen molar-refractivity contribution in [3.8, 4) is 6.07 Å². The molecule has 0 aliphatic heterocycles. The molecule has 0 heterocycles. The van der Waals surface area contributed by atoms with E-state index in [2.05, 4.69) is 18.3 Å². The van der Waals surface area contributed by atoms with Crippen LogP contribution in [0, 0.1) is 22.7 Å². The summed E-state index contributed by atoms with van der Waals surface area (Å²) >= 11 is 0. The van der Waals surface area contributed by atoms with Crippen LogP contribution in [0.1, 0.15) is 59.3 Å². The fraction of sp³-hybridized carbons (Fsp3) is 0.929. The summed E-state index contributed by atoms with van der Waals surface area (Å²) < 4.78 is 0. The summed E-state index contributed by atoms with van der Waals surface area (Å²) in [5, 5.41) is 12.6. The highest BCUT2D eigenvalue weighted by Gasteiger charge is 2.21. The number of hydrogen-bond acceptors (Lipinski definition) is 2. The topological polar surface area (TPSA) is 35.8 Å². The van der Waals surface area contributed by atoms with Crippen molar-refractivity contribution in [3.63, 3.8) is 0 Å². The van der Waals surface area contributed by atoms with Crippen molar-refractivity contribution in [3.05, 3.63) is 0 Å². The molecular weight excluding hydrogens is 196 g/mol. The molecule has 1 saturated carbocycles. The van der Waals surface area contributed by atoms with Crippen LogP contribution in [0.25, 0.3) is 0 Å². The van der Waals surface area contributed by atoms with Crippen LogP contribution in [0.3, 0.4) is 0 Å². The van der Waals surface area contributed by atoms with Gasteiger partial charge in [-0.25, -0.2) is 0 Å². The molecule has 0 aromatic rings. The van der Waals surface area contributed by atoms with E-state index >= 15 is 0 Å². The van der Waals surface area contributed by atoms with Crippen molar-refractivity contribution in [2.45, 2.75) is 65.3 Å². The molecule has 0 bridgehead atoms. The van der Waals surface area contributed by atoms with Crippen LogP contribution in [0.5, 0.6) is 0 Å². The average Bonchev–Trinajstić information content (AvgIpc) is 2.29. The monoisotopic (exact) mass is 222 g/mol. The largest absolute Gasteiger partial charge is 0.314 e. The Kier molecular flexibility index (Phi) is 5.28. The van der Waals surface area contributed by atoms with Gasteiger partial charge in [-0.2, -0.15) is 5.26 Å². The Morgan fingerprint density at radius 3 is 2.75 bits per heavy atom. The van der Waals surface area contributed by atoms with E-state index in [1.165, 1.54) is 32.1 Å². The van der Waals surface area contributed by atoms with E-state index < -0.39 is 0 Å². The van der Waals surface area contributed by atoms with Gasteiger partial charge < -0.3 is 5.32 Å². The molecule has 92 valence electrons. The minimum Gasteiger partial charge on any atom is -0.314 e. The maximum atomic E-state index is 8.93. The minimum atomic E-state index is -0.175. The van der Waals surface area contributed by atoms with Crippen LogP contribution in [0.15, 0.2) is 0 Å². The molecule has 0 spiro atoms. The molecule has 1 N–H and O–H groups in total. The molecule has 1 fully saturated rings. The molecule has 16 heavy (non-hydrogen) atoms. The summed E-state index contributed by atoms with van der Waals surface area (Å²) in [7, 11) is 0. The second-order valence-electron chi connectivity index (χ2n) is 5.84. The Bertz CT molecular complexity index is 240. The van der Waals surface area contributed by atoms with E-state index in [4.69, 9.17) is 5.26 Å². The average molecular weight is 222 g/mol. The molecule has 1 rings (SSSR count). The lowest BCUT2D eigenvalue weighted by Crippen LogP contribution is -2.35. The van der Waals surface area contributed by atoms with Crippen molar-refractivity contribution in [1.29, 1.82) is 5.26 Å². The molecule has 0 radical (unpaired) electrons. The van der Waals surface area contributed by atoms with Crippen molar-refractivity contribution in [2.75, 3.05) is 6.54 Å². The number of nitrogens with zero attached hydrogens (tertiary/aromatic N) is 1. The highest BCUT2D eigenvalue weighted by atomic mass is 14.9. The highest BCUT2D eigenvalue weighted by molar-refractivity contribution is 4.92. The molecule has 2 heteroatoms. The van der Waals surface area contributed by atoms with Gasteiger partial charge in [-0.1, -0.05) is 26.2 Å².